The fraction of sp³-hybridized carbons (Fsp3) is 0.625. The molecule has 1 aromatic rings. The highest BCUT2D eigenvalue weighted by atomic mass is 16.6. The minimum absolute atomic E-state index is 0.160. The van der Waals surface area contributed by atoms with Crippen LogP contribution >= 0.6 is 0 Å². The standard InChI is InChI=1S/C32H40O10/c1-8-16(2)25(35)42-28-29(3,4)20(13-21(33)39-7)31(6)19-9-11-30(5)22(18(19)14-32(28,38)27(31)37)23(34)26(36)41-24(30)17-10-12-40-15-17/h8,10,12,14-15,19-20,22-24,28,34,38H,9,11,13H2,1-7H3. The number of ketones is 1. The maximum Gasteiger partial charge on any atom is 0.336 e. The molecule has 2 heterocycles. The van der Waals surface area contributed by atoms with Crippen LogP contribution < -0.4 is 0 Å². The van der Waals surface area contributed by atoms with Crippen molar-refractivity contribution in [2.24, 2.45) is 34.0 Å². The first-order valence-corrected chi connectivity index (χ1v) is 14.4. The van der Waals surface area contributed by atoms with E-state index in [0.717, 1.165) is 0 Å². The number of furan rings is 1. The largest absolute Gasteiger partial charge is 0.472 e. The number of esters is 3. The number of hydrogen-bond acceptors (Lipinski definition) is 10. The summed E-state index contributed by atoms with van der Waals surface area (Å²) in [7, 11) is 1.27. The molecule has 3 fully saturated rings. The predicted octanol–water partition coefficient (Wildman–Crippen LogP) is 3.61. The van der Waals surface area contributed by atoms with E-state index >= 15 is 0 Å². The summed E-state index contributed by atoms with van der Waals surface area (Å²) in [6.07, 6.45) is 3.08. The Kier molecular flexibility index (Phi) is 7.13. The topological polar surface area (TPSA) is 150 Å². The second kappa shape index (κ2) is 9.91. The molecule has 228 valence electrons. The molecule has 1 saturated heterocycles. The summed E-state index contributed by atoms with van der Waals surface area (Å²) in [5.74, 6) is -4.68. The van der Waals surface area contributed by atoms with Crippen LogP contribution in [0.5, 0.6) is 0 Å². The van der Waals surface area contributed by atoms with Crippen molar-refractivity contribution in [1.82, 2.24) is 0 Å². The summed E-state index contributed by atoms with van der Waals surface area (Å²) in [4.78, 5) is 53.6. The van der Waals surface area contributed by atoms with Gasteiger partial charge in [0, 0.05) is 39.7 Å². The minimum Gasteiger partial charge on any atom is -0.472 e. The van der Waals surface area contributed by atoms with Crippen molar-refractivity contribution >= 4 is 23.7 Å². The van der Waals surface area contributed by atoms with Gasteiger partial charge in [0.1, 0.15) is 12.2 Å². The number of fused-ring (bicyclic) bond motifs is 6. The van der Waals surface area contributed by atoms with Crippen LogP contribution in [0.15, 0.2) is 46.3 Å². The van der Waals surface area contributed by atoms with Crippen molar-refractivity contribution in [3.63, 3.8) is 0 Å². The first-order chi connectivity index (χ1) is 19.6. The molecule has 0 amide bonds. The van der Waals surface area contributed by atoms with Crippen LogP contribution in [0.3, 0.4) is 0 Å². The number of aliphatic hydroxyl groups is 2. The summed E-state index contributed by atoms with van der Waals surface area (Å²) in [6, 6.07) is 1.71. The Morgan fingerprint density at radius 2 is 1.88 bits per heavy atom. The first kappa shape index (κ1) is 30.2. The van der Waals surface area contributed by atoms with E-state index < -0.39 is 81.6 Å². The van der Waals surface area contributed by atoms with E-state index in [1.807, 2.05) is 6.92 Å². The highest BCUT2D eigenvalue weighted by Crippen LogP contribution is 2.69. The van der Waals surface area contributed by atoms with Crippen LogP contribution in [-0.2, 0) is 33.4 Å². The SMILES string of the molecule is CC=C(C)C(=O)OC1C2(O)C=C3C4C(O)C(=O)OC(c5ccoc5)C4(C)CCC3C(C)(C2=O)C(CC(=O)OC)C1(C)C. The third-order valence-electron chi connectivity index (χ3n) is 10.9. The van der Waals surface area contributed by atoms with Gasteiger partial charge in [0.15, 0.2) is 17.5 Å². The van der Waals surface area contributed by atoms with Gasteiger partial charge in [-0.25, -0.2) is 9.59 Å². The van der Waals surface area contributed by atoms with Gasteiger partial charge in [0.05, 0.1) is 19.6 Å². The van der Waals surface area contributed by atoms with Crippen molar-refractivity contribution in [2.75, 3.05) is 7.11 Å². The molecule has 5 rings (SSSR count). The summed E-state index contributed by atoms with van der Waals surface area (Å²) >= 11 is 0. The third kappa shape index (κ3) is 3.97. The van der Waals surface area contributed by atoms with Gasteiger partial charge in [-0.15, -0.1) is 0 Å². The van der Waals surface area contributed by atoms with Gasteiger partial charge in [0.2, 0.25) is 0 Å². The van der Waals surface area contributed by atoms with Crippen molar-refractivity contribution < 1.29 is 48.0 Å². The average Bonchev–Trinajstić information content (AvgIpc) is 3.48. The van der Waals surface area contributed by atoms with Gasteiger partial charge in [0.25, 0.3) is 0 Å². The summed E-state index contributed by atoms with van der Waals surface area (Å²) in [5.41, 5.74) is -4.03. The Hall–Kier alpha value is -3.24. The molecule has 1 aromatic heterocycles. The molecule has 1 aliphatic heterocycles. The van der Waals surface area contributed by atoms with E-state index in [2.05, 4.69) is 0 Å². The van der Waals surface area contributed by atoms with Crippen LogP contribution in [0, 0.1) is 34.0 Å². The second-order valence-corrected chi connectivity index (χ2v) is 13.4. The predicted molar refractivity (Wildman–Crippen MR) is 147 cm³/mol. The van der Waals surface area contributed by atoms with E-state index in [1.54, 1.807) is 46.8 Å². The van der Waals surface area contributed by atoms with E-state index in [-0.39, 0.29) is 6.42 Å². The molecular weight excluding hydrogens is 544 g/mol. The summed E-state index contributed by atoms with van der Waals surface area (Å²) in [5, 5.41) is 23.8. The van der Waals surface area contributed by atoms with Crippen molar-refractivity contribution in [3.8, 4) is 0 Å². The number of carbonyl (C=O) groups excluding carboxylic acids is 4. The van der Waals surface area contributed by atoms with Crippen molar-refractivity contribution in [1.29, 1.82) is 0 Å². The number of cyclic esters (lactones) is 1. The van der Waals surface area contributed by atoms with E-state index in [9.17, 15) is 29.4 Å². The molecule has 9 unspecified atom stereocenters. The third-order valence-corrected chi connectivity index (χ3v) is 10.9. The van der Waals surface area contributed by atoms with Crippen molar-refractivity contribution in [2.45, 2.75) is 84.7 Å². The van der Waals surface area contributed by atoms with Crippen LogP contribution in [-0.4, -0.2) is 58.8 Å². The van der Waals surface area contributed by atoms with Crippen LogP contribution in [0.2, 0.25) is 0 Å². The van der Waals surface area contributed by atoms with Gasteiger partial charge >= 0.3 is 17.9 Å². The van der Waals surface area contributed by atoms with Crippen LogP contribution in [0.1, 0.15) is 72.5 Å². The number of allylic oxidation sites excluding steroid dienone is 1. The number of hydrogen-bond donors (Lipinski definition) is 2. The first-order valence-electron chi connectivity index (χ1n) is 14.4. The molecule has 9 atom stereocenters. The lowest BCUT2D eigenvalue weighted by molar-refractivity contribution is -0.227. The van der Waals surface area contributed by atoms with Gasteiger partial charge in [-0.05, 0) is 50.7 Å². The zero-order valence-corrected chi connectivity index (χ0v) is 25.1. The Morgan fingerprint density at radius 1 is 1.19 bits per heavy atom. The quantitative estimate of drug-likeness (QED) is 0.227. The maximum atomic E-state index is 14.5. The number of methoxy groups -OCH3 is 1. The molecule has 0 spiro atoms. The molecule has 2 bridgehead atoms. The number of ether oxygens (including phenoxy) is 3. The van der Waals surface area contributed by atoms with Crippen molar-refractivity contribution in [3.05, 3.63) is 47.5 Å². The Morgan fingerprint density at radius 3 is 2.48 bits per heavy atom. The smallest absolute Gasteiger partial charge is 0.336 e. The number of rotatable bonds is 5. The fourth-order valence-electron chi connectivity index (χ4n) is 8.69. The zero-order chi connectivity index (χ0) is 31.0. The van der Waals surface area contributed by atoms with E-state index in [1.165, 1.54) is 25.7 Å². The highest BCUT2D eigenvalue weighted by molar-refractivity contribution is 5.99. The summed E-state index contributed by atoms with van der Waals surface area (Å²) in [6.45, 7) is 10.5. The van der Waals surface area contributed by atoms with E-state index in [4.69, 9.17) is 18.6 Å². The Labute approximate surface area is 245 Å². The molecule has 2 N–H and O–H groups in total. The molecule has 0 aromatic carbocycles. The lowest BCUT2D eigenvalue weighted by atomic mass is 9.39. The molecular formula is C32H40O10. The highest BCUT2D eigenvalue weighted by Gasteiger charge is 2.74. The van der Waals surface area contributed by atoms with Gasteiger partial charge in [-0.3, -0.25) is 9.59 Å². The molecule has 42 heavy (non-hydrogen) atoms. The average molecular weight is 585 g/mol. The number of Topliss-reactive ketones (excluding diaryl/α,β-unsaturated/α-hetero) is 1. The molecule has 10 nitrogen and oxygen atoms in total. The zero-order valence-electron chi connectivity index (χ0n) is 25.1. The molecule has 2 saturated carbocycles. The lowest BCUT2D eigenvalue weighted by Gasteiger charge is -2.65. The molecule has 10 heteroatoms. The van der Waals surface area contributed by atoms with Gasteiger partial charge in [-0.2, -0.15) is 0 Å². The van der Waals surface area contributed by atoms with Gasteiger partial charge in [-0.1, -0.05) is 39.3 Å². The van der Waals surface area contributed by atoms with E-state index in [0.29, 0.717) is 29.6 Å². The molecule has 3 aliphatic carbocycles. The fourth-order valence-corrected chi connectivity index (χ4v) is 8.69. The van der Waals surface area contributed by atoms with Crippen LogP contribution in [0.4, 0.5) is 0 Å². The Balaban J connectivity index is 1.74. The van der Waals surface area contributed by atoms with Crippen LogP contribution in [0.25, 0.3) is 0 Å². The second-order valence-electron chi connectivity index (χ2n) is 13.4. The molecule has 0 radical (unpaired) electrons. The lowest BCUT2D eigenvalue weighted by Crippen LogP contribution is -2.74. The normalized spacial score (nSPS) is 40.7. The summed E-state index contributed by atoms with van der Waals surface area (Å²) < 4.78 is 22.0. The Bertz CT molecular complexity index is 1370. The molecule has 4 aliphatic rings. The minimum atomic E-state index is -2.29. The number of aliphatic hydroxyl groups excluding tert-OH is 1. The number of carbonyl (C=O) groups is 4. The maximum absolute atomic E-state index is 14.5. The van der Waals surface area contributed by atoms with Gasteiger partial charge < -0.3 is 28.8 Å². The monoisotopic (exact) mass is 584 g/mol.